The molecule has 6 nitrogen and oxygen atoms in total. The highest BCUT2D eigenvalue weighted by Crippen LogP contribution is 2.37. The quantitative estimate of drug-likeness (QED) is 0.540. The number of benzene rings is 2. The van der Waals surface area contributed by atoms with Gasteiger partial charge in [-0.3, -0.25) is 9.59 Å². The summed E-state index contributed by atoms with van der Waals surface area (Å²) in [6, 6.07) is 16.3. The maximum absolute atomic E-state index is 13.0. The molecule has 130 valence electrons. The van der Waals surface area contributed by atoms with E-state index in [-0.39, 0.29) is 17.5 Å². The number of carbonyl (C=O) groups excluding carboxylic acids is 1. The lowest BCUT2D eigenvalue weighted by molar-refractivity contribution is -0.124. The Hall–Kier alpha value is -3.28. The normalized spacial score (nSPS) is 16.5. The molecular formula is C20H18N4O2. The fourth-order valence-electron chi connectivity index (χ4n) is 3.19. The van der Waals surface area contributed by atoms with Crippen LogP contribution in [0.2, 0.25) is 0 Å². The zero-order valence-electron chi connectivity index (χ0n) is 14.6. The fourth-order valence-corrected chi connectivity index (χ4v) is 3.19. The maximum atomic E-state index is 13.0. The summed E-state index contributed by atoms with van der Waals surface area (Å²) in [5, 5.41) is 4.90. The van der Waals surface area contributed by atoms with Gasteiger partial charge in [-0.05, 0) is 38.1 Å². The first-order chi connectivity index (χ1) is 12.6. The van der Waals surface area contributed by atoms with Crippen molar-refractivity contribution in [3.8, 4) is 0 Å². The number of para-hydroxylation sites is 2. The maximum Gasteiger partial charge on any atom is 0.282 e. The molecule has 0 bridgehead atoms. The highest BCUT2D eigenvalue weighted by molar-refractivity contribution is 6.01. The van der Waals surface area contributed by atoms with Crippen molar-refractivity contribution < 1.29 is 4.79 Å². The van der Waals surface area contributed by atoms with Gasteiger partial charge in [0, 0.05) is 11.4 Å². The smallest absolute Gasteiger partial charge is 0.282 e. The van der Waals surface area contributed by atoms with Gasteiger partial charge in [-0.15, -0.1) is 0 Å². The molecule has 2 aromatic carbocycles. The van der Waals surface area contributed by atoms with Crippen molar-refractivity contribution in [3.63, 3.8) is 0 Å². The zero-order valence-corrected chi connectivity index (χ0v) is 14.6. The number of amides is 1. The number of rotatable bonds is 3. The highest BCUT2D eigenvalue weighted by Gasteiger charge is 2.41. The Morgan fingerprint density at radius 1 is 1.04 bits per heavy atom. The van der Waals surface area contributed by atoms with Crippen molar-refractivity contribution in [3.05, 3.63) is 70.8 Å². The second-order valence-electron chi connectivity index (χ2n) is 6.47. The Morgan fingerprint density at radius 3 is 2.42 bits per heavy atom. The standard InChI is InChI=1S/C20H18N4O2/c1-13(2)22-24-19(21-16-11-7-6-10-15(16)20(24)26)17-12-18(25)23(17)14-8-4-3-5-9-14/h3-11,17H,12H2,1-2H3. The predicted molar refractivity (Wildman–Crippen MR) is 101 cm³/mol. The zero-order chi connectivity index (χ0) is 18.3. The second kappa shape index (κ2) is 6.22. The van der Waals surface area contributed by atoms with E-state index < -0.39 is 0 Å². The Morgan fingerprint density at radius 2 is 1.73 bits per heavy atom. The molecule has 1 saturated heterocycles. The number of hydrogen-bond acceptors (Lipinski definition) is 4. The topological polar surface area (TPSA) is 67.6 Å². The van der Waals surface area contributed by atoms with E-state index in [1.807, 2.05) is 50.2 Å². The van der Waals surface area contributed by atoms with E-state index in [1.165, 1.54) is 4.68 Å². The molecule has 1 unspecified atom stereocenters. The van der Waals surface area contributed by atoms with Crippen molar-refractivity contribution in [2.45, 2.75) is 26.3 Å². The van der Waals surface area contributed by atoms with Crippen LogP contribution >= 0.6 is 0 Å². The summed E-state index contributed by atoms with van der Waals surface area (Å²) in [6.07, 6.45) is 0.304. The monoisotopic (exact) mass is 346 g/mol. The van der Waals surface area contributed by atoms with E-state index in [4.69, 9.17) is 0 Å². The molecular weight excluding hydrogens is 328 g/mol. The lowest BCUT2D eigenvalue weighted by atomic mass is 9.99. The third-order valence-electron chi connectivity index (χ3n) is 4.36. The van der Waals surface area contributed by atoms with Gasteiger partial charge in [-0.1, -0.05) is 30.3 Å². The number of nitrogens with zero attached hydrogens (tertiary/aromatic N) is 4. The van der Waals surface area contributed by atoms with Crippen LogP contribution in [0.15, 0.2) is 64.5 Å². The summed E-state index contributed by atoms with van der Waals surface area (Å²) in [5.41, 5.74) is 1.92. The van der Waals surface area contributed by atoms with Gasteiger partial charge in [0.05, 0.1) is 17.3 Å². The van der Waals surface area contributed by atoms with E-state index in [0.29, 0.717) is 23.1 Å². The first-order valence-electron chi connectivity index (χ1n) is 8.47. The first kappa shape index (κ1) is 16.2. The van der Waals surface area contributed by atoms with Crippen LogP contribution in [0, 0.1) is 0 Å². The van der Waals surface area contributed by atoms with Crippen molar-refractivity contribution in [1.82, 2.24) is 9.66 Å². The molecule has 4 rings (SSSR count). The highest BCUT2D eigenvalue weighted by atomic mass is 16.2. The average Bonchev–Trinajstić information content (AvgIpc) is 2.62. The van der Waals surface area contributed by atoms with Gasteiger partial charge in [0.1, 0.15) is 6.04 Å². The van der Waals surface area contributed by atoms with Crippen LogP contribution in [0.5, 0.6) is 0 Å². The van der Waals surface area contributed by atoms with E-state index in [2.05, 4.69) is 10.1 Å². The van der Waals surface area contributed by atoms with Crippen molar-refractivity contribution in [1.29, 1.82) is 0 Å². The molecule has 0 saturated carbocycles. The summed E-state index contributed by atoms with van der Waals surface area (Å²) < 4.78 is 1.34. The summed E-state index contributed by atoms with van der Waals surface area (Å²) in [5.74, 6) is 0.491. The van der Waals surface area contributed by atoms with Gasteiger partial charge in [0.2, 0.25) is 5.91 Å². The largest absolute Gasteiger partial charge is 0.301 e. The van der Waals surface area contributed by atoms with Gasteiger partial charge >= 0.3 is 0 Å². The van der Waals surface area contributed by atoms with Gasteiger partial charge in [-0.25, -0.2) is 4.98 Å². The van der Waals surface area contributed by atoms with Crippen molar-refractivity contribution >= 4 is 28.2 Å². The third kappa shape index (κ3) is 2.60. The summed E-state index contributed by atoms with van der Waals surface area (Å²) in [7, 11) is 0. The molecule has 2 heterocycles. The molecule has 1 atom stereocenters. The molecule has 1 fully saturated rings. The molecule has 0 spiro atoms. The van der Waals surface area contributed by atoms with Crippen molar-refractivity contribution in [2.24, 2.45) is 5.10 Å². The number of anilines is 1. The molecule has 1 aliphatic heterocycles. The van der Waals surface area contributed by atoms with Gasteiger partial charge in [0.15, 0.2) is 5.82 Å². The van der Waals surface area contributed by atoms with Crippen LogP contribution in [0.3, 0.4) is 0 Å². The van der Waals surface area contributed by atoms with Crippen LogP contribution < -0.4 is 10.5 Å². The minimum atomic E-state index is -0.315. The Balaban J connectivity index is 1.92. The number of aromatic nitrogens is 2. The minimum absolute atomic E-state index is 0.00681. The summed E-state index contributed by atoms with van der Waals surface area (Å²) in [6.45, 7) is 3.65. The van der Waals surface area contributed by atoms with Crippen LogP contribution in [0.4, 0.5) is 5.69 Å². The van der Waals surface area contributed by atoms with Gasteiger partial charge in [-0.2, -0.15) is 9.78 Å². The molecule has 1 amide bonds. The van der Waals surface area contributed by atoms with E-state index >= 15 is 0 Å². The van der Waals surface area contributed by atoms with E-state index in [0.717, 1.165) is 11.4 Å². The Labute approximate surface area is 150 Å². The van der Waals surface area contributed by atoms with Crippen molar-refractivity contribution in [2.75, 3.05) is 4.90 Å². The Bertz CT molecular complexity index is 1080. The lowest BCUT2D eigenvalue weighted by Gasteiger charge is -2.40. The molecule has 0 N–H and O–H groups in total. The summed E-state index contributed by atoms with van der Waals surface area (Å²) >= 11 is 0. The van der Waals surface area contributed by atoms with Crippen LogP contribution in [0.1, 0.15) is 32.1 Å². The molecule has 1 aromatic heterocycles. The SMILES string of the molecule is CC(C)=Nn1c(C2CC(=O)N2c2ccccc2)nc2ccccc2c1=O. The third-order valence-corrected chi connectivity index (χ3v) is 4.36. The summed E-state index contributed by atoms with van der Waals surface area (Å²) in [4.78, 5) is 31.6. The molecule has 6 heteroatoms. The number of carbonyl (C=O) groups is 1. The van der Waals surface area contributed by atoms with Crippen LogP contribution in [0.25, 0.3) is 10.9 Å². The number of β-lactam (4-membered cyclic amide) rings is 1. The van der Waals surface area contributed by atoms with E-state index in [9.17, 15) is 9.59 Å². The van der Waals surface area contributed by atoms with Crippen LogP contribution in [-0.4, -0.2) is 21.3 Å². The van der Waals surface area contributed by atoms with E-state index in [1.54, 1.807) is 23.1 Å². The molecule has 0 radical (unpaired) electrons. The predicted octanol–water partition coefficient (Wildman–Crippen LogP) is 3.12. The average molecular weight is 346 g/mol. The lowest BCUT2D eigenvalue weighted by Crippen LogP contribution is -2.48. The molecule has 1 aliphatic rings. The Kier molecular flexibility index (Phi) is 3.88. The number of hydrogen-bond donors (Lipinski definition) is 0. The van der Waals surface area contributed by atoms with Gasteiger partial charge < -0.3 is 4.90 Å². The van der Waals surface area contributed by atoms with Gasteiger partial charge in [0.25, 0.3) is 5.56 Å². The molecule has 3 aromatic rings. The molecule has 26 heavy (non-hydrogen) atoms. The van der Waals surface area contributed by atoms with Crippen LogP contribution in [-0.2, 0) is 4.79 Å². The minimum Gasteiger partial charge on any atom is -0.301 e. The second-order valence-corrected chi connectivity index (χ2v) is 6.47. The first-order valence-corrected chi connectivity index (χ1v) is 8.47. The molecule has 0 aliphatic carbocycles. The number of fused-ring (bicyclic) bond motifs is 1. The fraction of sp³-hybridized carbons (Fsp3) is 0.200.